The third-order valence-electron chi connectivity index (χ3n) is 4.13. The first-order chi connectivity index (χ1) is 12.5. The van der Waals surface area contributed by atoms with Gasteiger partial charge in [0.25, 0.3) is 11.8 Å². The fourth-order valence-electron chi connectivity index (χ4n) is 2.80. The smallest absolute Gasteiger partial charge is 0.270 e. The topological polar surface area (TPSA) is 62.6 Å². The van der Waals surface area contributed by atoms with E-state index < -0.39 is 5.91 Å². The van der Waals surface area contributed by atoms with Crippen molar-refractivity contribution in [1.82, 2.24) is 10.2 Å². The van der Waals surface area contributed by atoms with Gasteiger partial charge in [0.05, 0.1) is 16.8 Å². The highest BCUT2D eigenvalue weighted by molar-refractivity contribution is 6.36. The Morgan fingerprint density at radius 1 is 1.12 bits per heavy atom. The number of rotatable bonds is 4. The number of benzene rings is 1. The number of piperidine rings is 1. The molecule has 7 heteroatoms. The second kappa shape index (κ2) is 8.43. The average Bonchev–Trinajstić information content (AvgIpc) is 3.14. The summed E-state index contributed by atoms with van der Waals surface area (Å²) in [7, 11) is 0. The molecule has 0 spiro atoms. The van der Waals surface area contributed by atoms with Crippen molar-refractivity contribution in [1.29, 1.82) is 0 Å². The second-order valence-electron chi connectivity index (χ2n) is 6.00. The van der Waals surface area contributed by atoms with Gasteiger partial charge >= 0.3 is 0 Å². The molecular formula is C19H18Cl2N2O3. The number of nitrogens with zero attached hydrogens (tertiary/aromatic N) is 1. The summed E-state index contributed by atoms with van der Waals surface area (Å²) in [5.41, 5.74) is 0.394. The lowest BCUT2D eigenvalue weighted by atomic mass is 10.1. The molecule has 0 bridgehead atoms. The van der Waals surface area contributed by atoms with Gasteiger partial charge < -0.3 is 14.6 Å². The van der Waals surface area contributed by atoms with Crippen molar-refractivity contribution in [3.63, 3.8) is 0 Å². The fraction of sp³-hybridized carbons (Fsp3) is 0.263. The Kier molecular flexibility index (Phi) is 6.01. The van der Waals surface area contributed by atoms with E-state index >= 15 is 0 Å². The number of furan rings is 1. The number of amides is 2. The van der Waals surface area contributed by atoms with Crippen LogP contribution in [0.1, 0.15) is 35.4 Å². The molecule has 2 heterocycles. The predicted octanol–water partition coefficient (Wildman–Crippen LogP) is 4.37. The van der Waals surface area contributed by atoms with Crippen molar-refractivity contribution in [2.75, 3.05) is 13.1 Å². The molecule has 26 heavy (non-hydrogen) atoms. The summed E-state index contributed by atoms with van der Waals surface area (Å²) in [6, 6.07) is 8.01. The molecule has 136 valence electrons. The van der Waals surface area contributed by atoms with E-state index in [0.29, 0.717) is 23.9 Å². The normalized spacial score (nSPS) is 15.0. The number of carbonyl (C=O) groups excluding carboxylic acids is 2. The minimum atomic E-state index is -0.477. The van der Waals surface area contributed by atoms with Crippen molar-refractivity contribution >= 4 is 41.1 Å². The van der Waals surface area contributed by atoms with Gasteiger partial charge in [0.2, 0.25) is 0 Å². The summed E-state index contributed by atoms with van der Waals surface area (Å²) in [6.07, 6.45) is 6.05. The van der Waals surface area contributed by atoms with E-state index in [1.807, 2.05) is 0 Å². The van der Waals surface area contributed by atoms with E-state index in [0.717, 1.165) is 19.3 Å². The lowest BCUT2D eigenvalue weighted by molar-refractivity contribution is -0.128. The number of nitrogens with one attached hydrogen (secondary N) is 1. The minimum absolute atomic E-state index is 0.151. The Hall–Kier alpha value is -2.24. The van der Waals surface area contributed by atoms with Crippen molar-refractivity contribution in [2.24, 2.45) is 0 Å². The molecule has 2 amide bonds. The Labute approximate surface area is 161 Å². The van der Waals surface area contributed by atoms with E-state index in [-0.39, 0.29) is 22.2 Å². The van der Waals surface area contributed by atoms with Gasteiger partial charge in [0.15, 0.2) is 0 Å². The van der Waals surface area contributed by atoms with Crippen molar-refractivity contribution in [3.8, 4) is 0 Å². The molecule has 3 rings (SSSR count). The molecule has 1 N–H and O–H groups in total. The predicted molar refractivity (Wildman–Crippen MR) is 101 cm³/mol. The molecular weight excluding hydrogens is 375 g/mol. The molecule has 1 aliphatic rings. The van der Waals surface area contributed by atoms with Gasteiger partial charge in [-0.2, -0.15) is 0 Å². The second-order valence-corrected chi connectivity index (χ2v) is 6.85. The van der Waals surface area contributed by atoms with E-state index in [9.17, 15) is 9.59 Å². The van der Waals surface area contributed by atoms with Crippen LogP contribution in [0.3, 0.4) is 0 Å². The highest BCUT2D eigenvalue weighted by atomic mass is 35.5. The zero-order valence-corrected chi connectivity index (χ0v) is 15.5. The summed E-state index contributed by atoms with van der Waals surface area (Å²) < 4.78 is 5.29. The largest absolute Gasteiger partial charge is 0.465 e. The van der Waals surface area contributed by atoms with Crippen molar-refractivity contribution in [2.45, 2.75) is 19.3 Å². The number of carbonyl (C=O) groups is 2. The number of likely N-dealkylation sites (tertiary alicyclic amines) is 1. The maximum atomic E-state index is 12.9. The average molecular weight is 393 g/mol. The Bertz CT molecular complexity index is 825. The maximum absolute atomic E-state index is 12.9. The standard InChI is InChI=1S/C19H18Cl2N2O3/c20-13-6-7-15(16(21)11-13)18(24)22-17(12-14-5-4-10-26-14)19(25)23-8-2-1-3-9-23/h4-7,10-12H,1-3,8-9H2,(H,22,24). The zero-order valence-electron chi connectivity index (χ0n) is 14.0. The first kappa shape index (κ1) is 18.5. The molecule has 5 nitrogen and oxygen atoms in total. The first-order valence-electron chi connectivity index (χ1n) is 8.35. The molecule has 1 fully saturated rings. The molecule has 0 saturated carbocycles. The summed E-state index contributed by atoms with van der Waals surface area (Å²) in [4.78, 5) is 27.2. The fourth-order valence-corrected chi connectivity index (χ4v) is 3.29. The van der Waals surface area contributed by atoms with Crippen LogP contribution in [0.4, 0.5) is 0 Å². The van der Waals surface area contributed by atoms with E-state index in [4.69, 9.17) is 27.6 Å². The van der Waals surface area contributed by atoms with Crippen molar-refractivity contribution < 1.29 is 14.0 Å². The summed E-state index contributed by atoms with van der Waals surface area (Å²) in [5, 5.41) is 3.33. The van der Waals surface area contributed by atoms with Crippen LogP contribution in [0.25, 0.3) is 6.08 Å². The Balaban J connectivity index is 1.85. The lowest BCUT2D eigenvalue weighted by Gasteiger charge is -2.27. The van der Waals surface area contributed by atoms with E-state index in [1.54, 1.807) is 23.1 Å². The summed E-state index contributed by atoms with van der Waals surface area (Å²) >= 11 is 12.0. The van der Waals surface area contributed by atoms with Crippen LogP contribution >= 0.6 is 23.2 Å². The Morgan fingerprint density at radius 2 is 1.88 bits per heavy atom. The molecule has 1 saturated heterocycles. The Morgan fingerprint density at radius 3 is 2.54 bits per heavy atom. The van der Waals surface area contributed by atoms with Crippen LogP contribution in [-0.4, -0.2) is 29.8 Å². The molecule has 0 radical (unpaired) electrons. The van der Waals surface area contributed by atoms with Crippen LogP contribution in [0.5, 0.6) is 0 Å². The van der Waals surface area contributed by atoms with Gasteiger partial charge in [0, 0.05) is 24.2 Å². The van der Waals surface area contributed by atoms with E-state index in [1.165, 1.54) is 24.5 Å². The molecule has 1 aromatic carbocycles. The van der Waals surface area contributed by atoms with E-state index in [2.05, 4.69) is 5.32 Å². The third kappa shape index (κ3) is 4.48. The first-order valence-corrected chi connectivity index (χ1v) is 9.11. The van der Waals surface area contributed by atoms with Gasteiger partial charge in [0.1, 0.15) is 11.5 Å². The highest BCUT2D eigenvalue weighted by Crippen LogP contribution is 2.22. The SMILES string of the molecule is O=C(NC(=Cc1ccco1)C(=O)N1CCCCC1)c1ccc(Cl)cc1Cl. The third-order valence-corrected chi connectivity index (χ3v) is 4.68. The summed E-state index contributed by atoms with van der Waals surface area (Å²) in [5.74, 6) is -0.234. The van der Waals surface area contributed by atoms with Crippen LogP contribution in [-0.2, 0) is 4.79 Å². The molecule has 0 unspecified atom stereocenters. The molecule has 0 aliphatic carbocycles. The van der Waals surface area contributed by atoms with Gasteiger partial charge in [-0.05, 0) is 49.6 Å². The quantitative estimate of drug-likeness (QED) is 0.785. The van der Waals surface area contributed by atoms with Crippen LogP contribution < -0.4 is 5.32 Å². The van der Waals surface area contributed by atoms with Crippen molar-refractivity contribution in [3.05, 3.63) is 63.7 Å². The van der Waals surface area contributed by atoms with Crippen LogP contribution in [0, 0.1) is 0 Å². The van der Waals surface area contributed by atoms with Crippen LogP contribution in [0.2, 0.25) is 10.0 Å². The number of halogens is 2. The number of hydrogen-bond acceptors (Lipinski definition) is 3. The monoisotopic (exact) mass is 392 g/mol. The molecule has 1 aromatic heterocycles. The molecule has 1 aliphatic heterocycles. The van der Waals surface area contributed by atoms with Gasteiger partial charge in [-0.3, -0.25) is 9.59 Å². The molecule has 0 atom stereocenters. The minimum Gasteiger partial charge on any atom is -0.465 e. The van der Waals surface area contributed by atoms with Gasteiger partial charge in [-0.15, -0.1) is 0 Å². The maximum Gasteiger partial charge on any atom is 0.270 e. The highest BCUT2D eigenvalue weighted by Gasteiger charge is 2.23. The number of hydrogen-bond donors (Lipinski definition) is 1. The summed E-state index contributed by atoms with van der Waals surface area (Å²) in [6.45, 7) is 1.35. The van der Waals surface area contributed by atoms with Gasteiger partial charge in [-0.1, -0.05) is 23.2 Å². The van der Waals surface area contributed by atoms with Crippen LogP contribution in [0.15, 0.2) is 46.7 Å². The van der Waals surface area contributed by atoms with Gasteiger partial charge in [-0.25, -0.2) is 0 Å². The lowest BCUT2D eigenvalue weighted by Crippen LogP contribution is -2.41. The molecule has 2 aromatic rings. The zero-order chi connectivity index (χ0) is 18.5.